The maximum atomic E-state index is 12.0. The average molecular weight is 324 g/mol. The van der Waals surface area contributed by atoms with Gasteiger partial charge in [0.05, 0.1) is 18.7 Å². The van der Waals surface area contributed by atoms with Crippen molar-refractivity contribution >= 4 is 17.7 Å². The number of morpholine rings is 1. The molecule has 8 heteroatoms. The van der Waals surface area contributed by atoms with Crippen molar-refractivity contribution in [2.75, 3.05) is 39.3 Å². The van der Waals surface area contributed by atoms with Crippen LogP contribution in [0.4, 0.5) is 0 Å². The Balaban J connectivity index is 1.62. The summed E-state index contributed by atoms with van der Waals surface area (Å²) in [6.45, 7) is 4.59. The number of hydrogen-bond acceptors (Lipinski definition) is 5. The van der Waals surface area contributed by atoms with Gasteiger partial charge in [0.25, 0.3) is 0 Å². The Labute approximate surface area is 135 Å². The molecule has 3 heterocycles. The number of carbonyl (C=O) groups excluding carboxylic acids is 3. The van der Waals surface area contributed by atoms with E-state index in [4.69, 9.17) is 10.5 Å². The molecular formula is C15H24N4O4. The molecule has 0 saturated carbocycles. The number of ether oxygens (including phenoxy) is 1. The van der Waals surface area contributed by atoms with Gasteiger partial charge >= 0.3 is 0 Å². The van der Waals surface area contributed by atoms with Crippen LogP contribution in [0.3, 0.4) is 0 Å². The predicted octanol–water partition coefficient (Wildman–Crippen LogP) is -1.61. The summed E-state index contributed by atoms with van der Waals surface area (Å²) < 4.78 is 5.66. The van der Waals surface area contributed by atoms with Crippen LogP contribution in [0.2, 0.25) is 0 Å². The van der Waals surface area contributed by atoms with Crippen LogP contribution >= 0.6 is 0 Å². The van der Waals surface area contributed by atoms with Crippen LogP contribution in [-0.2, 0) is 19.1 Å². The Morgan fingerprint density at radius 2 is 1.96 bits per heavy atom. The summed E-state index contributed by atoms with van der Waals surface area (Å²) in [6.07, 6.45) is 1.81. The van der Waals surface area contributed by atoms with Crippen LogP contribution in [0.25, 0.3) is 0 Å². The number of carbonyl (C=O) groups is 3. The van der Waals surface area contributed by atoms with E-state index in [-0.39, 0.29) is 37.1 Å². The van der Waals surface area contributed by atoms with E-state index in [1.165, 1.54) is 0 Å². The maximum absolute atomic E-state index is 12.0. The number of rotatable bonds is 3. The van der Waals surface area contributed by atoms with Gasteiger partial charge in [-0.3, -0.25) is 19.3 Å². The second kappa shape index (κ2) is 6.45. The average Bonchev–Trinajstić information content (AvgIpc) is 2.94. The summed E-state index contributed by atoms with van der Waals surface area (Å²) in [4.78, 5) is 40.4. The van der Waals surface area contributed by atoms with E-state index < -0.39 is 5.91 Å². The van der Waals surface area contributed by atoms with Crippen LogP contribution in [-0.4, -0.2) is 89.9 Å². The molecule has 3 fully saturated rings. The maximum Gasteiger partial charge on any atom is 0.249 e. The lowest BCUT2D eigenvalue weighted by Gasteiger charge is -2.37. The molecule has 0 aromatic carbocycles. The van der Waals surface area contributed by atoms with Gasteiger partial charge in [0, 0.05) is 39.1 Å². The van der Waals surface area contributed by atoms with Gasteiger partial charge in [0.2, 0.25) is 17.7 Å². The number of primary amides is 1. The van der Waals surface area contributed by atoms with Crippen molar-refractivity contribution in [1.82, 2.24) is 14.7 Å². The summed E-state index contributed by atoms with van der Waals surface area (Å²) in [7, 11) is 0. The molecule has 128 valence electrons. The van der Waals surface area contributed by atoms with E-state index in [1.807, 2.05) is 4.90 Å². The van der Waals surface area contributed by atoms with Gasteiger partial charge in [0.1, 0.15) is 6.61 Å². The highest BCUT2D eigenvalue weighted by molar-refractivity contribution is 5.85. The van der Waals surface area contributed by atoms with Crippen molar-refractivity contribution in [3.8, 4) is 0 Å². The normalized spacial score (nSPS) is 29.7. The standard InChI is InChI=1S/C15H24N4O4/c1-10(20)17-4-2-11(3-5-17)18-6-12-13(7-18)23-9-15(22)19(12)8-14(16)21/h11-13H,2-9H2,1H3,(H2,16,21). The van der Waals surface area contributed by atoms with E-state index in [0.29, 0.717) is 12.6 Å². The smallest absolute Gasteiger partial charge is 0.249 e. The van der Waals surface area contributed by atoms with Crippen LogP contribution in [0, 0.1) is 0 Å². The number of nitrogens with zero attached hydrogens (tertiary/aromatic N) is 3. The highest BCUT2D eigenvalue weighted by atomic mass is 16.5. The van der Waals surface area contributed by atoms with Crippen LogP contribution in [0.15, 0.2) is 0 Å². The number of hydrogen-bond donors (Lipinski definition) is 1. The molecule has 0 aliphatic carbocycles. The third-order valence-corrected chi connectivity index (χ3v) is 5.16. The molecule has 0 aromatic heterocycles. The lowest BCUT2D eigenvalue weighted by atomic mass is 10.0. The van der Waals surface area contributed by atoms with Crippen LogP contribution in [0.1, 0.15) is 19.8 Å². The second-order valence-corrected chi connectivity index (χ2v) is 6.60. The summed E-state index contributed by atoms with van der Waals surface area (Å²) >= 11 is 0. The largest absolute Gasteiger partial charge is 0.368 e. The van der Waals surface area contributed by atoms with Crippen molar-refractivity contribution < 1.29 is 19.1 Å². The van der Waals surface area contributed by atoms with E-state index in [0.717, 1.165) is 32.5 Å². The minimum Gasteiger partial charge on any atom is -0.368 e. The number of likely N-dealkylation sites (tertiary alicyclic amines) is 2. The lowest BCUT2D eigenvalue weighted by Crippen LogP contribution is -2.56. The summed E-state index contributed by atoms with van der Waals surface area (Å²) in [5.74, 6) is -0.536. The second-order valence-electron chi connectivity index (χ2n) is 6.60. The molecule has 3 saturated heterocycles. The van der Waals surface area contributed by atoms with E-state index in [2.05, 4.69) is 4.90 Å². The zero-order valence-corrected chi connectivity index (χ0v) is 13.4. The predicted molar refractivity (Wildman–Crippen MR) is 81.3 cm³/mol. The fourth-order valence-corrected chi connectivity index (χ4v) is 3.91. The Bertz CT molecular complexity index is 504. The Hall–Kier alpha value is -1.67. The minimum atomic E-state index is -0.493. The van der Waals surface area contributed by atoms with Crippen LogP contribution in [0.5, 0.6) is 0 Å². The molecule has 2 unspecified atom stereocenters. The van der Waals surface area contributed by atoms with E-state index >= 15 is 0 Å². The van der Waals surface area contributed by atoms with Gasteiger partial charge in [-0.1, -0.05) is 0 Å². The Kier molecular flexibility index (Phi) is 4.54. The number of piperidine rings is 1. The van der Waals surface area contributed by atoms with Crippen molar-refractivity contribution in [3.63, 3.8) is 0 Å². The fourth-order valence-electron chi connectivity index (χ4n) is 3.91. The first kappa shape index (κ1) is 16.2. The number of fused-ring (bicyclic) bond motifs is 1. The summed E-state index contributed by atoms with van der Waals surface area (Å²) in [5, 5.41) is 0. The molecule has 3 aliphatic rings. The highest BCUT2D eigenvalue weighted by Crippen LogP contribution is 2.28. The molecule has 3 aliphatic heterocycles. The first-order valence-corrected chi connectivity index (χ1v) is 8.14. The zero-order valence-electron chi connectivity index (χ0n) is 13.4. The summed E-state index contributed by atoms with van der Waals surface area (Å²) in [5.41, 5.74) is 5.26. The Morgan fingerprint density at radius 1 is 1.26 bits per heavy atom. The lowest BCUT2D eigenvalue weighted by molar-refractivity contribution is -0.155. The molecule has 2 atom stereocenters. The SMILES string of the molecule is CC(=O)N1CCC(N2CC3OCC(=O)N(CC(N)=O)C3C2)CC1. The monoisotopic (exact) mass is 324 g/mol. The van der Waals surface area contributed by atoms with Crippen molar-refractivity contribution in [1.29, 1.82) is 0 Å². The number of nitrogens with two attached hydrogens (primary N) is 1. The van der Waals surface area contributed by atoms with Crippen molar-refractivity contribution in [3.05, 3.63) is 0 Å². The van der Waals surface area contributed by atoms with E-state index in [9.17, 15) is 14.4 Å². The first-order chi connectivity index (χ1) is 11.0. The van der Waals surface area contributed by atoms with Gasteiger partial charge in [-0.15, -0.1) is 0 Å². The van der Waals surface area contributed by atoms with Crippen LogP contribution < -0.4 is 5.73 Å². The molecule has 8 nitrogen and oxygen atoms in total. The highest BCUT2D eigenvalue weighted by Gasteiger charge is 2.45. The summed E-state index contributed by atoms with van der Waals surface area (Å²) in [6, 6.07) is 0.292. The van der Waals surface area contributed by atoms with Crippen molar-refractivity contribution in [2.45, 2.75) is 38.0 Å². The third-order valence-electron chi connectivity index (χ3n) is 5.16. The topological polar surface area (TPSA) is 96.2 Å². The molecule has 2 N–H and O–H groups in total. The van der Waals surface area contributed by atoms with E-state index in [1.54, 1.807) is 11.8 Å². The van der Waals surface area contributed by atoms with Gasteiger partial charge in [-0.2, -0.15) is 0 Å². The van der Waals surface area contributed by atoms with Gasteiger partial charge in [0.15, 0.2) is 0 Å². The van der Waals surface area contributed by atoms with Gasteiger partial charge < -0.3 is 20.3 Å². The molecule has 3 rings (SSSR count). The Morgan fingerprint density at radius 3 is 2.57 bits per heavy atom. The molecule has 23 heavy (non-hydrogen) atoms. The third kappa shape index (κ3) is 3.32. The zero-order chi connectivity index (χ0) is 16.6. The molecule has 0 bridgehead atoms. The van der Waals surface area contributed by atoms with Gasteiger partial charge in [-0.05, 0) is 12.8 Å². The molecular weight excluding hydrogens is 300 g/mol. The van der Waals surface area contributed by atoms with Crippen molar-refractivity contribution in [2.24, 2.45) is 5.73 Å². The molecule has 3 amide bonds. The number of amides is 3. The molecule has 0 radical (unpaired) electrons. The van der Waals surface area contributed by atoms with Gasteiger partial charge in [-0.25, -0.2) is 0 Å². The molecule has 0 spiro atoms. The molecule has 0 aromatic rings. The quantitative estimate of drug-likeness (QED) is 0.674. The fraction of sp³-hybridized carbons (Fsp3) is 0.800. The minimum absolute atomic E-state index is 0.0189. The first-order valence-electron chi connectivity index (χ1n) is 8.14.